The molecule has 4 heteroatoms. The molecule has 0 saturated heterocycles. The Balaban J connectivity index is 1.44. The smallest absolute Gasteiger partial charge is 0.161 e. The van der Waals surface area contributed by atoms with E-state index in [9.17, 15) is 0 Å². The van der Waals surface area contributed by atoms with Crippen LogP contribution in [0.5, 0.6) is 11.5 Å². The highest BCUT2D eigenvalue weighted by Crippen LogP contribution is 2.45. The number of thioether (sulfide) groups is 1. The van der Waals surface area contributed by atoms with Gasteiger partial charge in [0, 0.05) is 13.6 Å². The number of benzene rings is 2. The Morgan fingerprint density at radius 2 is 1.70 bits per heavy atom. The van der Waals surface area contributed by atoms with Crippen LogP contribution >= 0.6 is 11.8 Å². The van der Waals surface area contributed by atoms with Crippen molar-refractivity contribution in [3.8, 4) is 11.5 Å². The second-order valence-electron chi connectivity index (χ2n) is 8.79. The van der Waals surface area contributed by atoms with E-state index >= 15 is 0 Å². The van der Waals surface area contributed by atoms with Crippen molar-refractivity contribution in [1.29, 1.82) is 0 Å². The number of hydrogen-bond acceptors (Lipinski definition) is 4. The van der Waals surface area contributed by atoms with Crippen molar-refractivity contribution in [2.45, 2.75) is 45.6 Å². The van der Waals surface area contributed by atoms with Crippen LogP contribution in [-0.2, 0) is 13.0 Å². The number of rotatable bonds is 7. The predicted molar refractivity (Wildman–Crippen MR) is 141 cm³/mol. The summed E-state index contributed by atoms with van der Waals surface area (Å²) in [7, 11) is 5.60. The van der Waals surface area contributed by atoms with Crippen LogP contribution in [0.2, 0.25) is 0 Å². The number of allylic oxidation sites excluding steroid dienone is 5. The molecule has 0 bridgehead atoms. The summed E-state index contributed by atoms with van der Waals surface area (Å²) in [6.07, 6.45) is 12.7. The third kappa shape index (κ3) is 5.67. The number of fused-ring (bicyclic) bond motifs is 1. The van der Waals surface area contributed by atoms with Crippen LogP contribution in [0.4, 0.5) is 0 Å². The molecule has 0 N–H and O–H groups in total. The number of aryl methyl sites for hydroxylation is 1. The fourth-order valence-electron chi connectivity index (χ4n) is 4.61. The van der Waals surface area contributed by atoms with Gasteiger partial charge in [-0.2, -0.15) is 0 Å². The molecule has 1 unspecified atom stereocenters. The molecule has 1 aliphatic carbocycles. The Morgan fingerprint density at radius 3 is 2.42 bits per heavy atom. The van der Waals surface area contributed by atoms with Gasteiger partial charge in [0.1, 0.15) is 0 Å². The molecular formula is C29H35NO2S. The molecule has 2 aromatic carbocycles. The second kappa shape index (κ2) is 11.0. The molecule has 1 heterocycles. The van der Waals surface area contributed by atoms with Crippen molar-refractivity contribution in [2.75, 3.05) is 21.3 Å². The minimum atomic E-state index is 0.558. The maximum Gasteiger partial charge on any atom is 0.161 e. The summed E-state index contributed by atoms with van der Waals surface area (Å²) in [5, 5.41) is 1.37. The highest BCUT2D eigenvalue weighted by molar-refractivity contribution is 8.06. The van der Waals surface area contributed by atoms with Gasteiger partial charge in [0.25, 0.3) is 0 Å². The average Bonchev–Trinajstić information content (AvgIpc) is 3.17. The van der Waals surface area contributed by atoms with Gasteiger partial charge in [-0.3, -0.25) is 0 Å². The van der Waals surface area contributed by atoms with Gasteiger partial charge in [-0.1, -0.05) is 67.2 Å². The van der Waals surface area contributed by atoms with E-state index in [1.807, 2.05) is 17.8 Å². The van der Waals surface area contributed by atoms with Gasteiger partial charge in [-0.05, 0) is 77.3 Å². The minimum Gasteiger partial charge on any atom is -0.493 e. The van der Waals surface area contributed by atoms with Gasteiger partial charge in [0.2, 0.25) is 0 Å². The summed E-state index contributed by atoms with van der Waals surface area (Å²) < 4.78 is 11.0. The molecule has 0 spiro atoms. The van der Waals surface area contributed by atoms with Crippen molar-refractivity contribution in [3.63, 3.8) is 0 Å². The summed E-state index contributed by atoms with van der Waals surface area (Å²) in [5.41, 5.74) is 5.40. The maximum absolute atomic E-state index is 5.54. The quantitative estimate of drug-likeness (QED) is 0.427. The summed E-state index contributed by atoms with van der Waals surface area (Å²) in [4.78, 5) is 3.92. The minimum absolute atomic E-state index is 0.558. The van der Waals surface area contributed by atoms with Gasteiger partial charge in [-0.15, -0.1) is 0 Å². The fraction of sp³-hybridized carbons (Fsp3) is 0.379. The molecule has 0 fully saturated rings. The standard InChI is InChI=1S/C29H35NO2S/c1-5-21-12-14-22(15-13-21)20-30(2)29-11-7-9-25-18-23(8-6-10-28(25)33-29)24-16-17-26(31-3)27(19-24)32-4/h8,10-17,19,25H,5-7,9,18,20H2,1-4H3. The van der Waals surface area contributed by atoms with Gasteiger partial charge >= 0.3 is 0 Å². The molecule has 33 heavy (non-hydrogen) atoms. The maximum atomic E-state index is 5.54. The Kier molecular flexibility index (Phi) is 7.87. The van der Waals surface area contributed by atoms with Gasteiger partial charge in [-0.25, -0.2) is 0 Å². The highest BCUT2D eigenvalue weighted by Gasteiger charge is 2.24. The van der Waals surface area contributed by atoms with E-state index in [0.717, 1.165) is 43.7 Å². The Bertz CT molecular complexity index is 1050. The first-order valence-corrected chi connectivity index (χ1v) is 12.7. The lowest BCUT2D eigenvalue weighted by atomic mass is 9.91. The molecule has 174 valence electrons. The van der Waals surface area contributed by atoms with Crippen molar-refractivity contribution in [2.24, 2.45) is 5.92 Å². The molecule has 0 amide bonds. The third-order valence-corrected chi connectivity index (χ3v) is 8.01. The summed E-state index contributed by atoms with van der Waals surface area (Å²) in [6, 6.07) is 15.3. The van der Waals surface area contributed by atoms with E-state index < -0.39 is 0 Å². The fourth-order valence-corrected chi connectivity index (χ4v) is 5.82. The molecule has 0 radical (unpaired) electrons. The van der Waals surface area contributed by atoms with Crippen LogP contribution in [0, 0.1) is 5.92 Å². The lowest BCUT2D eigenvalue weighted by Crippen LogP contribution is -2.15. The van der Waals surface area contributed by atoms with Crippen molar-refractivity contribution >= 4 is 17.3 Å². The monoisotopic (exact) mass is 461 g/mol. The molecular weight excluding hydrogens is 426 g/mol. The number of ether oxygens (including phenoxy) is 2. The van der Waals surface area contributed by atoms with Crippen molar-refractivity contribution in [3.05, 3.63) is 87.3 Å². The van der Waals surface area contributed by atoms with Crippen LogP contribution in [0.25, 0.3) is 5.57 Å². The molecule has 0 aromatic heterocycles. The SMILES string of the molecule is CCc1ccc(CN(C)C2=CCCC3CC(c4ccc(OC)c(OC)c4)=CCC=C3S2)cc1. The Hall–Kier alpha value is -2.59. The topological polar surface area (TPSA) is 21.7 Å². The van der Waals surface area contributed by atoms with Gasteiger partial charge < -0.3 is 14.4 Å². The molecule has 2 aliphatic rings. The lowest BCUT2D eigenvalue weighted by molar-refractivity contribution is 0.355. The van der Waals surface area contributed by atoms with Crippen LogP contribution in [0.15, 0.2) is 70.6 Å². The van der Waals surface area contributed by atoms with Crippen LogP contribution in [0.1, 0.15) is 49.3 Å². The zero-order valence-corrected chi connectivity index (χ0v) is 21.1. The summed E-state index contributed by atoms with van der Waals surface area (Å²) in [5.74, 6) is 2.13. The third-order valence-electron chi connectivity index (χ3n) is 6.59. The lowest BCUT2D eigenvalue weighted by Gasteiger charge is -2.24. The predicted octanol–water partition coefficient (Wildman–Crippen LogP) is 7.44. The number of nitrogens with zero attached hydrogens (tertiary/aromatic N) is 1. The first kappa shape index (κ1) is 23.6. The van der Waals surface area contributed by atoms with E-state index in [4.69, 9.17) is 9.47 Å². The Morgan fingerprint density at radius 1 is 0.939 bits per heavy atom. The second-order valence-corrected chi connectivity index (χ2v) is 9.88. The van der Waals surface area contributed by atoms with Crippen molar-refractivity contribution < 1.29 is 9.47 Å². The van der Waals surface area contributed by atoms with E-state index in [0.29, 0.717) is 5.92 Å². The molecule has 1 atom stereocenters. The first-order valence-electron chi connectivity index (χ1n) is 11.9. The van der Waals surface area contributed by atoms with E-state index in [-0.39, 0.29) is 0 Å². The average molecular weight is 462 g/mol. The molecule has 2 aromatic rings. The highest BCUT2D eigenvalue weighted by atomic mass is 32.2. The normalized spacial score (nSPS) is 18.2. The number of methoxy groups -OCH3 is 2. The Labute approximate surface area is 203 Å². The number of hydrogen-bond donors (Lipinski definition) is 0. The van der Waals surface area contributed by atoms with Crippen molar-refractivity contribution in [1.82, 2.24) is 4.90 Å². The molecule has 4 rings (SSSR count). The van der Waals surface area contributed by atoms with Crippen LogP contribution < -0.4 is 9.47 Å². The molecule has 0 saturated carbocycles. The molecule has 3 nitrogen and oxygen atoms in total. The molecule has 1 aliphatic heterocycles. The van der Waals surface area contributed by atoms with Gasteiger partial charge in [0.05, 0.1) is 19.2 Å². The zero-order valence-electron chi connectivity index (χ0n) is 20.3. The zero-order chi connectivity index (χ0) is 23.2. The summed E-state index contributed by atoms with van der Waals surface area (Å²) in [6.45, 7) is 3.15. The van der Waals surface area contributed by atoms with Crippen LogP contribution in [0.3, 0.4) is 0 Å². The van der Waals surface area contributed by atoms with Gasteiger partial charge in [0.15, 0.2) is 11.5 Å². The summed E-state index contributed by atoms with van der Waals surface area (Å²) >= 11 is 1.97. The largest absolute Gasteiger partial charge is 0.493 e. The first-order chi connectivity index (χ1) is 16.1. The van der Waals surface area contributed by atoms with E-state index in [2.05, 4.69) is 73.5 Å². The van der Waals surface area contributed by atoms with E-state index in [1.54, 1.807) is 14.2 Å². The van der Waals surface area contributed by atoms with E-state index in [1.165, 1.54) is 38.6 Å². The van der Waals surface area contributed by atoms with Crippen LogP contribution in [-0.4, -0.2) is 26.2 Å².